The van der Waals surface area contributed by atoms with Gasteiger partial charge in [0, 0.05) is 0 Å². The van der Waals surface area contributed by atoms with Crippen LogP contribution in [-0.4, -0.2) is 17.5 Å². The van der Waals surface area contributed by atoms with Gasteiger partial charge in [-0.3, -0.25) is 10.1 Å². The maximum atomic E-state index is 12.0. The van der Waals surface area contributed by atoms with Gasteiger partial charge in [-0.05, 0) is 54.7 Å². The minimum absolute atomic E-state index is 0.00525. The van der Waals surface area contributed by atoms with Crippen LogP contribution >= 0.6 is 11.3 Å². The first-order chi connectivity index (χ1) is 11.3. The molecule has 1 amide bonds. The van der Waals surface area contributed by atoms with Crippen LogP contribution in [0.5, 0.6) is 5.75 Å². The molecule has 0 fully saturated rings. The van der Waals surface area contributed by atoms with Gasteiger partial charge < -0.3 is 4.74 Å². The van der Waals surface area contributed by atoms with E-state index in [1.807, 2.05) is 36.4 Å². The highest BCUT2D eigenvalue weighted by Crippen LogP contribution is 2.27. The van der Waals surface area contributed by atoms with Crippen LogP contribution in [0.1, 0.15) is 17.5 Å². The molecule has 1 aliphatic carbocycles. The van der Waals surface area contributed by atoms with Crippen molar-refractivity contribution >= 4 is 32.6 Å². The van der Waals surface area contributed by atoms with Gasteiger partial charge in [-0.15, -0.1) is 0 Å². The van der Waals surface area contributed by atoms with E-state index >= 15 is 0 Å². The average molecular weight is 324 g/mol. The van der Waals surface area contributed by atoms with Crippen molar-refractivity contribution in [2.75, 3.05) is 11.9 Å². The molecule has 4 rings (SSSR count). The van der Waals surface area contributed by atoms with Crippen LogP contribution < -0.4 is 10.1 Å². The van der Waals surface area contributed by atoms with Gasteiger partial charge in [0.05, 0.1) is 10.2 Å². The first-order valence-electron chi connectivity index (χ1n) is 7.68. The van der Waals surface area contributed by atoms with Crippen molar-refractivity contribution in [3.63, 3.8) is 0 Å². The number of nitrogens with zero attached hydrogens (tertiary/aromatic N) is 1. The Labute approximate surface area is 138 Å². The number of aromatic nitrogens is 1. The smallest absolute Gasteiger partial charge is 0.264 e. The lowest BCUT2D eigenvalue weighted by Gasteiger charge is -2.07. The van der Waals surface area contributed by atoms with Gasteiger partial charge in [0.2, 0.25) is 0 Å². The van der Waals surface area contributed by atoms with Crippen molar-refractivity contribution in [3.05, 3.63) is 53.6 Å². The lowest BCUT2D eigenvalue weighted by Crippen LogP contribution is -2.20. The number of para-hydroxylation sites is 1. The molecule has 23 heavy (non-hydrogen) atoms. The molecule has 0 saturated heterocycles. The van der Waals surface area contributed by atoms with Crippen molar-refractivity contribution < 1.29 is 9.53 Å². The molecule has 116 valence electrons. The maximum Gasteiger partial charge on any atom is 0.264 e. The van der Waals surface area contributed by atoms with E-state index in [1.165, 1.54) is 28.9 Å². The largest absolute Gasteiger partial charge is 0.484 e. The van der Waals surface area contributed by atoms with Crippen LogP contribution in [0.15, 0.2) is 42.5 Å². The molecular weight excluding hydrogens is 308 g/mol. The molecule has 1 aromatic heterocycles. The van der Waals surface area contributed by atoms with Crippen molar-refractivity contribution in [1.29, 1.82) is 0 Å². The Bertz CT molecular complexity index is 839. The summed E-state index contributed by atoms with van der Waals surface area (Å²) in [6, 6.07) is 13.9. The third-order valence-corrected chi connectivity index (χ3v) is 4.93. The summed E-state index contributed by atoms with van der Waals surface area (Å²) in [4.78, 5) is 16.4. The van der Waals surface area contributed by atoms with Gasteiger partial charge in [-0.2, -0.15) is 0 Å². The zero-order chi connectivity index (χ0) is 15.6. The van der Waals surface area contributed by atoms with Crippen LogP contribution in [-0.2, 0) is 17.6 Å². The van der Waals surface area contributed by atoms with Gasteiger partial charge in [-0.25, -0.2) is 4.98 Å². The van der Waals surface area contributed by atoms with Crippen molar-refractivity contribution in [2.24, 2.45) is 0 Å². The highest BCUT2D eigenvalue weighted by Gasteiger charge is 2.12. The predicted octanol–water partition coefficient (Wildman–Crippen LogP) is 3.80. The Morgan fingerprint density at radius 2 is 2.04 bits per heavy atom. The van der Waals surface area contributed by atoms with Gasteiger partial charge >= 0.3 is 0 Å². The number of hydrogen-bond donors (Lipinski definition) is 1. The fourth-order valence-corrected chi connectivity index (χ4v) is 3.75. The number of nitrogens with one attached hydrogen (secondary N) is 1. The molecule has 0 atom stereocenters. The number of carbonyl (C=O) groups is 1. The third kappa shape index (κ3) is 3.05. The molecule has 3 aromatic rings. The van der Waals surface area contributed by atoms with E-state index in [0.717, 1.165) is 28.8 Å². The zero-order valence-electron chi connectivity index (χ0n) is 12.5. The molecule has 2 aromatic carbocycles. The third-order valence-electron chi connectivity index (χ3n) is 3.98. The topological polar surface area (TPSA) is 51.2 Å². The summed E-state index contributed by atoms with van der Waals surface area (Å²) < 4.78 is 6.66. The Hall–Kier alpha value is -2.40. The highest BCUT2D eigenvalue weighted by molar-refractivity contribution is 7.22. The second kappa shape index (κ2) is 6.01. The van der Waals surface area contributed by atoms with E-state index in [2.05, 4.69) is 16.4 Å². The van der Waals surface area contributed by atoms with Crippen LogP contribution in [0.3, 0.4) is 0 Å². The molecule has 1 aliphatic rings. The van der Waals surface area contributed by atoms with Crippen molar-refractivity contribution in [2.45, 2.75) is 19.3 Å². The molecule has 0 unspecified atom stereocenters. The van der Waals surface area contributed by atoms with Crippen molar-refractivity contribution in [1.82, 2.24) is 4.98 Å². The molecular formula is C18H16N2O2S. The first kappa shape index (κ1) is 14.2. The van der Waals surface area contributed by atoms with Crippen LogP contribution in [0.4, 0.5) is 5.13 Å². The van der Waals surface area contributed by atoms with Gasteiger partial charge in [0.1, 0.15) is 5.75 Å². The van der Waals surface area contributed by atoms with Crippen LogP contribution in [0, 0.1) is 0 Å². The summed E-state index contributed by atoms with van der Waals surface area (Å²) in [6.07, 6.45) is 3.45. The average Bonchev–Trinajstić information content (AvgIpc) is 3.18. The Kier molecular flexibility index (Phi) is 3.71. The van der Waals surface area contributed by atoms with E-state index in [-0.39, 0.29) is 12.5 Å². The molecule has 1 N–H and O–H groups in total. The quantitative estimate of drug-likeness (QED) is 0.794. The summed E-state index contributed by atoms with van der Waals surface area (Å²) >= 11 is 1.46. The van der Waals surface area contributed by atoms with Crippen LogP contribution in [0.25, 0.3) is 10.2 Å². The number of benzene rings is 2. The van der Waals surface area contributed by atoms with Gasteiger partial charge in [0.25, 0.3) is 5.91 Å². The summed E-state index contributed by atoms with van der Waals surface area (Å²) in [7, 11) is 0. The Morgan fingerprint density at radius 1 is 1.17 bits per heavy atom. The number of ether oxygens (including phenoxy) is 1. The second-order valence-electron chi connectivity index (χ2n) is 5.61. The lowest BCUT2D eigenvalue weighted by atomic mass is 10.1. The highest BCUT2D eigenvalue weighted by atomic mass is 32.1. The zero-order valence-corrected chi connectivity index (χ0v) is 13.4. The number of fused-ring (bicyclic) bond motifs is 2. The number of rotatable bonds is 4. The summed E-state index contributed by atoms with van der Waals surface area (Å²) in [5.41, 5.74) is 3.64. The number of thiazole rings is 1. The maximum absolute atomic E-state index is 12.0. The molecule has 0 saturated carbocycles. The number of aryl methyl sites for hydroxylation is 2. The molecule has 4 nitrogen and oxygen atoms in total. The van der Waals surface area contributed by atoms with Crippen molar-refractivity contribution in [3.8, 4) is 5.75 Å². The van der Waals surface area contributed by atoms with E-state index in [1.54, 1.807) is 0 Å². The van der Waals surface area contributed by atoms with E-state index in [9.17, 15) is 4.79 Å². The van der Waals surface area contributed by atoms with Gasteiger partial charge in [-0.1, -0.05) is 29.5 Å². The second-order valence-corrected chi connectivity index (χ2v) is 6.64. The Balaban J connectivity index is 1.38. The minimum atomic E-state index is -0.190. The summed E-state index contributed by atoms with van der Waals surface area (Å²) in [5, 5.41) is 3.40. The number of amides is 1. The normalized spacial score (nSPS) is 13.0. The van der Waals surface area contributed by atoms with E-state index in [4.69, 9.17) is 4.74 Å². The Morgan fingerprint density at radius 3 is 2.96 bits per heavy atom. The molecule has 0 aliphatic heterocycles. The fraction of sp³-hybridized carbons (Fsp3) is 0.222. The molecule has 5 heteroatoms. The molecule has 0 spiro atoms. The molecule has 1 heterocycles. The molecule has 0 radical (unpaired) electrons. The summed E-state index contributed by atoms with van der Waals surface area (Å²) in [6.45, 7) is -0.00525. The first-order valence-corrected chi connectivity index (χ1v) is 8.49. The molecule has 0 bridgehead atoms. The SMILES string of the molecule is O=C(COc1ccc2c(c1)CCC2)Nc1nc2ccccc2s1. The minimum Gasteiger partial charge on any atom is -0.484 e. The van der Waals surface area contributed by atoms with Crippen LogP contribution in [0.2, 0.25) is 0 Å². The predicted molar refractivity (Wildman–Crippen MR) is 92.2 cm³/mol. The lowest BCUT2D eigenvalue weighted by molar-refractivity contribution is -0.118. The fourth-order valence-electron chi connectivity index (χ4n) is 2.87. The standard InChI is InChI=1S/C18H16N2O2S/c21-17(20-18-19-15-6-1-2-7-16(15)23-18)11-22-14-9-8-12-4-3-5-13(12)10-14/h1-2,6-10H,3-5,11H2,(H,19,20,21). The van der Waals surface area contributed by atoms with E-state index < -0.39 is 0 Å². The summed E-state index contributed by atoms with van der Waals surface area (Å²) in [5.74, 6) is 0.564. The monoisotopic (exact) mass is 324 g/mol. The van der Waals surface area contributed by atoms with E-state index in [0.29, 0.717) is 5.13 Å². The number of anilines is 1. The number of hydrogen-bond acceptors (Lipinski definition) is 4. The van der Waals surface area contributed by atoms with Gasteiger partial charge in [0.15, 0.2) is 11.7 Å². The number of carbonyl (C=O) groups excluding carboxylic acids is 1.